The number of hydrogen-bond acceptors (Lipinski definition) is 4. The second-order valence-electron chi connectivity index (χ2n) is 3.75. The highest BCUT2D eigenvalue weighted by molar-refractivity contribution is 5.41. The fourth-order valence-corrected chi connectivity index (χ4v) is 1.69. The molecular weight excluding hydrogens is 230 g/mol. The highest BCUT2D eigenvalue weighted by atomic mass is 19.3. The molecular formula is C11H14F2N2O2. The normalized spacial score (nSPS) is 20.3. The van der Waals surface area contributed by atoms with Gasteiger partial charge in [-0.2, -0.15) is 8.78 Å². The molecule has 1 unspecified atom stereocenters. The van der Waals surface area contributed by atoms with Crippen LogP contribution in [0.4, 0.5) is 14.6 Å². The molecule has 1 aromatic heterocycles. The molecule has 1 N–H and O–H groups in total. The number of alkyl halides is 2. The number of hydrogen-bond donors (Lipinski definition) is 1. The first-order valence-electron chi connectivity index (χ1n) is 5.53. The Kier molecular flexibility index (Phi) is 4.08. The number of halogens is 2. The van der Waals surface area contributed by atoms with Gasteiger partial charge in [0.15, 0.2) is 0 Å². The van der Waals surface area contributed by atoms with Gasteiger partial charge < -0.3 is 14.8 Å². The van der Waals surface area contributed by atoms with Gasteiger partial charge in [0.25, 0.3) is 0 Å². The lowest BCUT2D eigenvalue weighted by Gasteiger charge is -2.23. The standard InChI is InChI=1S/C11H14F2N2O2/c12-11(13)17-8-4-5-14-9(7-8)15-10-3-1-2-6-16-10/h4-5,7,10-11H,1-3,6H2,(H,14,15). The summed E-state index contributed by atoms with van der Waals surface area (Å²) in [4.78, 5) is 4.02. The van der Waals surface area contributed by atoms with Gasteiger partial charge in [0.1, 0.15) is 17.8 Å². The Morgan fingerprint density at radius 1 is 1.47 bits per heavy atom. The summed E-state index contributed by atoms with van der Waals surface area (Å²) in [6, 6.07) is 2.82. The van der Waals surface area contributed by atoms with Crippen LogP contribution in [0.5, 0.6) is 5.75 Å². The van der Waals surface area contributed by atoms with E-state index in [-0.39, 0.29) is 12.0 Å². The van der Waals surface area contributed by atoms with Crippen molar-refractivity contribution in [2.45, 2.75) is 32.1 Å². The zero-order valence-electron chi connectivity index (χ0n) is 9.23. The van der Waals surface area contributed by atoms with Gasteiger partial charge in [0.05, 0.1) is 0 Å². The molecule has 1 fully saturated rings. The minimum absolute atomic E-state index is 0.0910. The van der Waals surface area contributed by atoms with E-state index in [0.717, 1.165) is 19.3 Å². The number of ether oxygens (including phenoxy) is 2. The molecule has 0 saturated carbocycles. The van der Waals surface area contributed by atoms with Crippen LogP contribution in [0.15, 0.2) is 18.3 Å². The summed E-state index contributed by atoms with van der Waals surface area (Å²) in [5.74, 6) is 0.573. The molecule has 1 atom stereocenters. The van der Waals surface area contributed by atoms with Crippen molar-refractivity contribution in [3.63, 3.8) is 0 Å². The Morgan fingerprint density at radius 3 is 3.06 bits per heavy atom. The Labute approximate surface area is 97.9 Å². The molecule has 17 heavy (non-hydrogen) atoms. The number of nitrogens with zero attached hydrogens (tertiary/aromatic N) is 1. The first-order valence-corrected chi connectivity index (χ1v) is 5.53. The van der Waals surface area contributed by atoms with E-state index in [2.05, 4.69) is 15.0 Å². The molecule has 0 spiro atoms. The van der Waals surface area contributed by atoms with Crippen LogP contribution in [0.1, 0.15) is 19.3 Å². The van der Waals surface area contributed by atoms with Crippen LogP contribution < -0.4 is 10.1 Å². The Hall–Kier alpha value is -1.43. The zero-order chi connectivity index (χ0) is 12.1. The summed E-state index contributed by atoms with van der Waals surface area (Å²) in [6.07, 6.45) is 4.35. The van der Waals surface area contributed by atoms with E-state index >= 15 is 0 Å². The second kappa shape index (κ2) is 5.77. The van der Waals surface area contributed by atoms with Crippen molar-refractivity contribution in [3.8, 4) is 5.75 Å². The third-order valence-electron chi connectivity index (χ3n) is 2.45. The maximum atomic E-state index is 12.0. The second-order valence-corrected chi connectivity index (χ2v) is 3.75. The highest BCUT2D eigenvalue weighted by Gasteiger charge is 2.14. The van der Waals surface area contributed by atoms with E-state index < -0.39 is 6.61 Å². The summed E-state index contributed by atoms with van der Waals surface area (Å²) in [6.45, 7) is -2.11. The predicted octanol–water partition coefficient (Wildman–Crippen LogP) is 2.62. The molecule has 0 radical (unpaired) electrons. The van der Waals surface area contributed by atoms with Crippen molar-refractivity contribution < 1.29 is 18.3 Å². The molecule has 2 rings (SSSR count). The van der Waals surface area contributed by atoms with Crippen molar-refractivity contribution >= 4 is 5.82 Å². The average Bonchev–Trinajstić information content (AvgIpc) is 2.30. The van der Waals surface area contributed by atoms with Crippen LogP contribution in [-0.4, -0.2) is 24.4 Å². The van der Waals surface area contributed by atoms with Gasteiger partial charge >= 0.3 is 6.61 Å². The van der Waals surface area contributed by atoms with Gasteiger partial charge in [-0.3, -0.25) is 0 Å². The maximum Gasteiger partial charge on any atom is 0.387 e. The lowest BCUT2D eigenvalue weighted by molar-refractivity contribution is -0.0498. The summed E-state index contributed by atoms with van der Waals surface area (Å²) >= 11 is 0. The first-order chi connectivity index (χ1) is 8.24. The van der Waals surface area contributed by atoms with Gasteiger partial charge in [-0.25, -0.2) is 4.98 Å². The van der Waals surface area contributed by atoms with E-state index in [9.17, 15) is 8.78 Å². The number of nitrogens with one attached hydrogen (secondary N) is 1. The van der Waals surface area contributed by atoms with E-state index in [1.807, 2.05) is 0 Å². The topological polar surface area (TPSA) is 43.4 Å². The lowest BCUT2D eigenvalue weighted by Crippen LogP contribution is -2.27. The van der Waals surface area contributed by atoms with Gasteiger partial charge in [0, 0.05) is 18.9 Å². The number of aromatic nitrogens is 1. The molecule has 4 nitrogen and oxygen atoms in total. The van der Waals surface area contributed by atoms with Gasteiger partial charge in [-0.05, 0) is 25.3 Å². The summed E-state index contributed by atoms with van der Waals surface area (Å²) < 4.78 is 33.8. The minimum atomic E-state index is -2.82. The number of rotatable bonds is 4. The maximum absolute atomic E-state index is 12.0. The molecule has 1 aromatic rings. The fourth-order valence-electron chi connectivity index (χ4n) is 1.69. The fraction of sp³-hybridized carbons (Fsp3) is 0.545. The van der Waals surface area contributed by atoms with Crippen LogP contribution in [-0.2, 0) is 4.74 Å². The van der Waals surface area contributed by atoms with Crippen molar-refractivity contribution in [1.29, 1.82) is 0 Å². The predicted molar refractivity (Wildman–Crippen MR) is 58.1 cm³/mol. The number of pyridine rings is 1. The smallest absolute Gasteiger partial charge is 0.387 e. The van der Waals surface area contributed by atoms with E-state index in [1.54, 1.807) is 0 Å². The van der Waals surface area contributed by atoms with Crippen LogP contribution in [0.3, 0.4) is 0 Å². The van der Waals surface area contributed by atoms with Gasteiger partial charge in [0.2, 0.25) is 0 Å². The first kappa shape index (κ1) is 12.0. The third kappa shape index (κ3) is 3.81. The van der Waals surface area contributed by atoms with Crippen molar-refractivity contribution in [2.75, 3.05) is 11.9 Å². The third-order valence-corrected chi connectivity index (χ3v) is 2.45. The Bertz CT molecular complexity index is 357. The summed E-state index contributed by atoms with van der Waals surface area (Å²) in [5, 5.41) is 3.04. The monoisotopic (exact) mass is 244 g/mol. The van der Waals surface area contributed by atoms with Crippen LogP contribution in [0.2, 0.25) is 0 Å². The van der Waals surface area contributed by atoms with E-state index in [4.69, 9.17) is 4.74 Å². The zero-order valence-corrected chi connectivity index (χ0v) is 9.23. The van der Waals surface area contributed by atoms with Crippen LogP contribution in [0.25, 0.3) is 0 Å². The lowest BCUT2D eigenvalue weighted by atomic mass is 10.2. The molecule has 0 aliphatic carbocycles. The highest BCUT2D eigenvalue weighted by Crippen LogP contribution is 2.20. The molecule has 1 saturated heterocycles. The molecule has 94 valence electrons. The minimum Gasteiger partial charge on any atom is -0.435 e. The Morgan fingerprint density at radius 2 is 2.35 bits per heavy atom. The molecule has 0 bridgehead atoms. The quantitative estimate of drug-likeness (QED) is 0.884. The average molecular weight is 244 g/mol. The molecule has 1 aliphatic heterocycles. The van der Waals surface area contributed by atoms with Crippen molar-refractivity contribution in [3.05, 3.63) is 18.3 Å². The Balaban J connectivity index is 1.95. The molecule has 1 aliphatic rings. The molecule has 6 heteroatoms. The SMILES string of the molecule is FC(F)Oc1ccnc(NC2CCCCO2)c1. The molecule has 0 aromatic carbocycles. The largest absolute Gasteiger partial charge is 0.435 e. The van der Waals surface area contributed by atoms with Crippen LogP contribution >= 0.6 is 0 Å². The van der Waals surface area contributed by atoms with Gasteiger partial charge in [-0.1, -0.05) is 0 Å². The number of anilines is 1. The molecule has 2 heterocycles. The van der Waals surface area contributed by atoms with Crippen molar-refractivity contribution in [2.24, 2.45) is 0 Å². The van der Waals surface area contributed by atoms with E-state index in [1.165, 1.54) is 18.3 Å². The van der Waals surface area contributed by atoms with E-state index in [0.29, 0.717) is 12.4 Å². The molecule has 0 amide bonds. The van der Waals surface area contributed by atoms with Crippen LogP contribution in [0, 0.1) is 0 Å². The summed E-state index contributed by atoms with van der Waals surface area (Å²) in [5.41, 5.74) is 0. The summed E-state index contributed by atoms with van der Waals surface area (Å²) in [7, 11) is 0. The van der Waals surface area contributed by atoms with Crippen molar-refractivity contribution in [1.82, 2.24) is 4.98 Å². The van der Waals surface area contributed by atoms with Gasteiger partial charge in [-0.15, -0.1) is 0 Å².